The van der Waals surface area contributed by atoms with Crippen LogP contribution in [-0.2, 0) is 20.8 Å². The summed E-state index contributed by atoms with van der Waals surface area (Å²) in [6.07, 6.45) is 2.33. The minimum absolute atomic E-state index is 0.112. The standard InChI is InChI=1S/C18H26N2O3S/c1-4-15(3)18(13-19,23-16-6-5-11-22-12-16)20-24(21)17-9-7-14(2)8-10-17/h7-10,15-16,20H,4-6,11-12H2,1-3H3/t15-,16?,18-,24?/m1/s1. The third-order valence-corrected chi connectivity index (χ3v) is 5.61. The smallest absolute Gasteiger partial charge is 0.250 e. The highest BCUT2D eigenvalue weighted by molar-refractivity contribution is 7.89. The average Bonchev–Trinajstić information content (AvgIpc) is 2.61. The molecule has 0 saturated carbocycles. The molecule has 1 fully saturated rings. The molecule has 1 saturated heterocycles. The van der Waals surface area contributed by atoms with Crippen LogP contribution >= 0.6 is 0 Å². The summed E-state index contributed by atoms with van der Waals surface area (Å²) in [4.78, 5) is 0.632. The Kier molecular flexibility index (Phi) is 7.08. The summed E-state index contributed by atoms with van der Waals surface area (Å²) in [6.45, 7) is 7.11. The molecule has 2 unspecified atom stereocenters. The van der Waals surface area contributed by atoms with Crippen LogP contribution < -0.4 is 4.72 Å². The molecule has 0 bridgehead atoms. The van der Waals surface area contributed by atoms with Gasteiger partial charge in [0, 0.05) is 12.5 Å². The predicted octanol–water partition coefficient (Wildman–Crippen LogP) is 3.07. The first-order valence-corrected chi connectivity index (χ1v) is 9.58. The van der Waals surface area contributed by atoms with Crippen molar-refractivity contribution in [2.24, 2.45) is 5.92 Å². The largest absolute Gasteiger partial charge is 0.593 e. The highest BCUT2D eigenvalue weighted by atomic mass is 32.2. The number of nitrogens with zero attached hydrogens (tertiary/aromatic N) is 1. The summed E-state index contributed by atoms with van der Waals surface area (Å²) >= 11 is -1.53. The Hall–Kier alpha value is -1.10. The second kappa shape index (κ2) is 8.84. The van der Waals surface area contributed by atoms with Gasteiger partial charge in [-0.3, -0.25) is 0 Å². The Balaban J connectivity index is 2.17. The molecule has 1 heterocycles. The van der Waals surface area contributed by atoms with Gasteiger partial charge in [0.2, 0.25) is 0 Å². The van der Waals surface area contributed by atoms with Crippen molar-refractivity contribution in [1.29, 1.82) is 5.26 Å². The Labute approximate surface area is 147 Å². The van der Waals surface area contributed by atoms with Gasteiger partial charge in [0.1, 0.15) is 6.07 Å². The second-order valence-electron chi connectivity index (χ2n) is 6.30. The van der Waals surface area contributed by atoms with Crippen molar-refractivity contribution < 1.29 is 14.0 Å². The van der Waals surface area contributed by atoms with Gasteiger partial charge in [0.15, 0.2) is 4.90 Å². The van der Waals surface area contributed by atoms with Crippen molar-refractivity contribution in [3.63, 3.8) is 0 Å². The Morgan fingerprint density at radius 3 is 2.75 bits per heavy atom. The predicted molar refractivity (Wildman–Crippen MR) is 93.4 cm³/mol. The molecule has 132 valence electrons. The third-order valence-electron chi connectivity index (χ3n) is 4.42. The normalized spacial score (nSPS) is 23.0. The summed E-state index contributed by atoms with van der Waals surface area (Å²) in [7, 11) is 0. The van der Waals surface area contributed by atoms with Crippen LogP contribution in [-0.4, -0.2) is 29.6 Å². The molecule has 1 aliphatic rings. The topological polar surface area (TPSA) is 77.3 Å². The van der Waals surface area contributed by atoms with E-state index in [0.717, 1.165) is 31.4 Å². The van der Waals surface area contributed by atoms with Gasteiger partial charge in [-0.05, 0) is 38.3 Å². The van der Waals surface area contributed by atoms with Crippen molar-refractivity contribution >= 4 is 11.4 Å². The first-order chi connectivity index (χ1) is 11.5. The second-order valence-corrected chi connectivity index (χ2v) is 7.51. The van der Waals surface area contributed by atoms with E-state index < -0.39 is 17.1 Å². The average molecular weight is 350 g/mol. The molecule has 1 aliphatic heterocycles. The van der Waals surface area contributed by atoms with Gasteiger partial charge in [-0.15, -0.1) is 0 Å². The van der Waals surface area contributed by atoms with E-state index in [1.807, 2.05) is 32.9 Å². The van der Waals surface area contributed by atoms with E-state index in [1.165, 1.54) is 0 Å². The van der Waals surface area contributed by atoms with E-state index in [9.17, 15) is 9.81 Å². The molecule has 0 amide bonds. The first-order valence-electron chi connectivity index (χ1n) is 8.43. The number of ether oxygens (including phenoxy) is 2. The van der Waals surface area contributed by atoms with E-state index in [4.69, 9.17) is 9.47 Å². The highest BCUT2D eigenvalue weighted by Gasteiger charge is 2.44. The van der Waals surface area contributed by atoms with Crippen molar-refractivity contribution in [2.75, 3.05) is 13.2 Å². The van der Waals surface area contributed by atoms with Crippen LogP contribution in [0.3, 0.4) is 0 Å². The lowest BCUT2D eigenvalue weighted by Crippen LogP contribution is -2.56. The van der Waals surface area contributed by atoms with Crippen molar-refractivity contribution in [3.05, 3.63) is 29.8 Å². The molecule has 4 atom stereocenters. The molecule has 24 heavy (non-hydrogen) atoms. The molecule has 0 aliphatic carbocycles. The number of nitriles is 1. The zero-order valence-corrected chi connectivity index (χ0v) is 15.4. The third kappa shape index (κ3) is 4.71. The van der Waals surface area contributed by atoms with Gasteiger partial charge in [-0.1, -0.05) is 36.3 Å². The molecule has 0 spiro atoms. The zero-order chi connectivity index (χ0) is 17.6. The quantitative estimate of drug-likeness (QED) is 0.604. The van der Waals surface area contributed by atoms with E-state index in [0.29, 0.717) is 11.5 Å². The van der Waals surface area contributed by atoms with Crippen LogP contribution in [0.4, 0.5) is 0 Å². The molecule has 1 aromatic rings. The minimum Gasteiger partial charge on any atom is -0.593 e. The molecule has 0 radical (unpaired) electrons. The van der Waals surface area contributed by atoms with Crippen molar-refractivity contribution in [2.45, 2.75) is 56.8 Å². The fourth-order valence-electron chi connectivity index (χ4n) is 2.61. The van der Waals surface area contributed by atoms with E-state index in [-0.39, 0.29) is 12.0 Å². The van der Waals surface area contributed by atoms with Crippen LogP contribution in [0.25, 0.3) is 0 Å². The minimum atomic E-state index is -1.53. The van der Waals surface area contributed by atoms with Crippen LogP contribution in [0, 0.1) is 24.2 Å². The maximum Gasteiger partial charge on any atom is 0.250 e. The van der Waals surface area contributed by atoms with Crippen molar-refractivity contribution in [1.82, 2.24) is 4.72 Å². The van der Waals surface area contributed by atoms with E-state index in [2.05, 4.69) is 10.8 Å². The Morgan fingerprint density at radius 1 is 1.50 bits per heavy atom. The summed E-state index contributed by atoms with van der Waals surface area (Å²) in [6, 6.07) is 9.67. The van der Waals surface area contributed by atoms with Gasteiger partial charge >= 0.3 is 0 Å². The maximum absolute atomic E-state index is 12.7. The van der Waals surface area contributed by atoms with Crippen LogP contribution in [0.5, 0.6) is 0 Å². The number of hydrogen-bond acceptors (Lipinski definition) is 5. The fourth-order valence-corrected chi connectivity index (χ4v) is 3.68. The molecular formula is C18H26N2O3S. The Bertz CT molecular complexity index is 554. The van der Waals surface area contributed by atoms with Gasteiger partial charge < -0.3 is 14.0 Å². The molecule has 1 N–H and O–H groups in total. The van der Waals surface area contributed by atoms with Gasteiger partial charge in [0.25, 0.3) is 5.72 Å². The summed E-state index contributed by atoms with van der Waals surface area (Å²) in [5.41, 5.74) is -0.199. The molecule has 6 heteroatoms. The van der Waals surface area contributed by atoms with Crippen LogP contribution in [0.15, 0.2) is 29.2 Å². The maximum atomic E-state index is 12.7. The molecule has 5 nitrogen and oxygen atoms in total. The van der Waals surface area contributed by atoms with Gasteiger partial charge in [-0.25, -0.2) is 0 Å². The van der Waals surface area contributed by atoms with Gasteiger partial charge in [0.05, 0.1) is 24.1 Å². The monoisotopic (exact) mass is 350 g/mol. The summed E-state index contributed by atoms with van der Waals surface area (Å²) in [5, 5.41) is 9.84. The van der Waals surface area contributed by atoms with Crippen LogP contribution in [0.2, 0.25) is 0 Å². The van der Waals surface area contributed by atoms with Gasteiger partial charge in [-0.2, -0.15) is 5.26 Å². The number of benzene rings is 1. The summed E-state index contributed by atoms with van der Waals surface area (Å²) in [5.74, 6) is -0.112. The summed E-state index contributed by atoms with van der Waals surface area (Å²) < 4.78 is 27.2. The number of rotatable bonds is 7. The van der Waals surface area contributed by atoms with E-state index >= 15 is 0 Å². The molecule has 2 rings (SSSR count). The fraction of sp³-hybridized carbons (Fsp3) is 0.611. The lowest BCUT2D eigenvalue weighted by Gasteiger charge is -2.36. The zero-order valence-electron chi connectivity index (χ0n) is 14.6. The Morgan fingerprint density at radius 2 is 2.21 bits per heavy atom. The lowest BCUT2D eigenvalue weighted by molar-refractivity contribution is -0.137. The molecule has 0 aromatic heterocycles. The molecule has 1 aromatic carbocycles. The number of aryl methyl sites for hydroxylation is 1. The first kappa shape index (κ1) is 19.2. The van der Waals surface area contributed by atoms with Crippen LogP contribution in [0.1, 0.15) is 38.7 Å². The number of hydrogen-bond donors (Lipinski definition) is 1. The van der Waals surface area contributed by atoms with Crippen molar-refractivity contribution in [3.8, 4) is 6.07 Å². The lowest BCUT2D eigenvalue weighted by atomic mass is 9.96. The highest BCUT2D eigenvalue weighted by Crippen LogP contribution is 2.28. The van der Waals surface area contributed by atoms with E-state index in [1.54, 1.807) is 12.1 Å². The number of nitrogens with one attached hydrogen (secondary N) is 1. The molecular weight excluding hydrogens is 324 g/mol. The SMILES string of the molecule is CC[C@@H](C)[C@](C#N)(N[S+]([O-])c1ccc(C)cc1)OC1CCCOC1.